The van der Waals surface area contributed by atoms with Crippen LogP contribution in [0.5, 0.6) is 0 Å². The number of thioether (sulfide) groups is 1. The summed E-state index contributed by atoms with van der Waals surface area (Å²) < 4.78 is 0. The molecule has 0 rings (SSSR count). The average molecular weight is 175 g/mol. The summed E-state index contributed by atoms with van der Waals surface area (Å²) in [5, 5.41) is 2.74. The highest BCUT2D eigenvalue weighted by atomic mass is 32.2. The molecule has 0 bridgehead atoms. The monoisotopic (exact) mass is 175 g/mol. The Hall–Kier alpha value is -0.510. The second-order valence-corrected chi connectivity index (χ2v) is 4.08. The van der Waals surface area contributed by atoms with Crippen molar-refractivity contribution < 1.29 is 9.59 Å². The molecule has 0 aliphatic rings. The Kier molecular flexibility index (Phi) is 4.94. The van der Waals surface area contributed by atoms with E-state index in [1.165, 1.54) is 18.7 Å². The lowest BCUT2D eigenvalue weighted by Gasteiger charge is -2.02. The van der Waals surface area contributed by atoms with Gasteiger partial charge in [-0.1, -0.05) is 25.6 Å². The molecule has 11 heavy (non-hydrogen) atoms. The summed E-state index contributed by atoms with van der Waals surface area (Å²) in [5.74, 6) is -0.164. The maximum Gasteiger partial charge on any atom is 0.217 e. The van der Waals surface area contributed by atoms with E-state index in [2.05, 4.69) is 5.32 Å². The molecule has 0 atom stereocenters. The third kappa shape index (κ3) is 7.39. The Morgan fingerprint density at radius 1 is 1.45 bits per heavy atom. The fourth-order valence-electron chi connectivity index (χ4n) is 0.501. The summed E-state index contributed by atoms with van der Waals surface area (Å²) >= 11 is 1.24. The highest BCUT2D eigenvalue weighted by Gasteiger charge is 2.05. The molecule has 0 fully saturated rings. The molecular formula is C7H13NO2S. The Labute approximate surface area is 70.9 Å². The third-order valence-electron chi connectivity index (χ3n) is 0.849. The van der Waals surface area contributed by atoms with Gasteiger partial charge in [-0.2, -0.15) is 0 Å². The van der Waals surface area contributed by atoms with Crippen LogP contribution in [0, 0.1) is 0 Å². The zero-order chi connectivity index (χ0) is 8.85. The molecule has 1 N–H and O–H groups in total. The highest BCUT2D eigenvalue weighted by molar-refractivity contribution is 8.14. The van der Waals surface area contributed by atoms with Crippen molar-refractivity contribution in [2.45, 2.75) is 26.0 Å². The van der Waals surface area contributed by atoms with Crippen LogP contribution in [0.1, 0.15) is 20.8 Å². The summed E-state index contributed by atoms with van der Waals surface area (Å²) in [6.45, 7) is 5.41. The first-order valence-corrected chi connectivity index (χ1v) is 4.34. The van der Waals surface area contributed by atoms with Gasteiger partial charge >= 0.3 is 0 Å². The lowest BCUT2D eigenvalue weighted by atomic mass is 10.6. The third-order valence-corrected chi connectivity index (χ3v) is 1.73. The van der Waals surface area contributed by atoms with E-state index in [1.54, 1.807) is 0 Å². The van der Waals surface area contributed by atoms with Crippen molar-refractivity contribution in [1.29, 1.82) is 0 Å². The SMILES string of the molecule is CC(=O)NCC(=O)SC(C)C. The minimum atomic E-state index is -0.164. The van der Waals surface area contributed by atoms with Crippen molar-refractivity contribution in [1.82, 2.24) is 5.32 Å². The van der Waals surface area contributed by atoms with Gasteiger partial charge in [0.25, 0.3) is 0 Å². The molecule has 0 aliphatic carbocycles. The van der Waals surface area contributed by atoms with Crippen LogP contribution in [0.3, 0.4) is 0 Å². The maximum atomic E-state index is 10.9. The topological polar surface area (TPSA) is 46.2 Å². The molecule has 4 heteroatoms. The smallest absolute Gasteiger partial charge is 0.217 e. The number of amides is 1. The summed E-state index contributed by atoms with van der Waals surface area (Å²) in [6, 6.07) is 0. The molecule has 0 aromatic carbocycles. The Morgan fingerprint density at radius 2 is 2.00 bits per heavy atom. The summed E-state index contributed by atoms with van der Waals surface area (Å²) in [6.07, 6.45) is 0. The predicted octanol–water partition coefficient (Wildman–Crippen LogP) is 0.791. The largest absolute Gasteiger partial charge is 0.348 e. The van der Waals surface area contributed by atoms with E-state index in [4.69, 9.17) is 0 Å². The Balaban J connectivity index is 3.45. The zero-order valence-electron chi connectivity index (χ0n) is 7.01. The summed E-state index contributed by atoms with van der Waals surface area (Å²) in [5.41, 5.74) is 0. The van der Waals surface area contributed by atoms with Gasteiger partial charge in [0.05, 0.1) is 6.54 Å². The molecule has 0 aromatic rings. The van der Waals surface area contributed by atoms with Crippen LogP contribution < -0.4 is 5.32 Å². The van der Waals surface area contributed by atoms with Gasteiger partial charge in [0.1, 0.15) is 0 Å². The second kappa shape index (κ2) is 5.18. The van der Waals surface area contributed by atoms with Crippen molar-refractivity contribution in [3.63, 3.8) is 0 Å². The van der Waals surface area contributed by atoms with Gasteiger partial charge in [0.2, 0.25) is 11.0 Å². The zero-order valence-corrected chi connectivity index (χ0v) is 7.83. The molecule has 0 unspecified atom stereocenters. The molecule has 3 nitrogen and oxygen atoms in total. The maximum absolute atomic E-state index is 10.9. The first-order valence-electron chi connectivity index (χ1n) is 3.46. The van der Waals surface area contributed by atoms with E-state index >= 15 is 0 Å². The molecule has 0 saturated heterocycles. The van der Waals surface area contributed by atoms with Crippen LogP contribution in [-0.2, 0) is 9.59 Å². The normalized spacial score (nSPS) is 9.82. The number of hydrogen-bond donors (Lipinski definition) is 1. The quantitative estimate of drug-likeness (QED) is 0.690. The standard InChI is InChI=1S/C7H13NO2S/c1-5(2)11-7(10)4-8-6(3)9/h5H,4H2,1-3H3,(H,8,9). The number of carbonyl (C=O) groups excluding carboxylic acids is 2. The van der Waals surface area contributed by atoms with Gasteiger partial charge in [-0.3, -0.25) is 9.59 Å². The fourth-order valence-corrected chi connectivity index (χ4v) is 1.18. The van der Waals surface area contributed by atoms with E-state index < -0.39 is 0 Å². The first-order chi connectivity index (χ1) is 5.02. The van der Waals surface area contributed by atoms with Gasteiger partial charge in [-0.05, 0) is 0 Å². The van der Waals surface area contributed by atoms with Crippen LogP contribution in [-0.4, -0.2) is 22.8 Å². The van der Waals surface area contributed by atoms with E-state index in [0.717, 1.165) is 0 Å². The number of rotatable bonds is 3. The van der Waals surface area contributed by atoms with Crippen molar-refractivity contribution in [3.8, 4) is 0 Å². The molecule has 0 spiro atoms. The minimum Gasteiger partial charge on any atom is -0.348 e. The van der Waals surface area contributed by atoms with Gasteiger partial charge in [0.15, 0.2) is 0 Å². The lowest BCUT2D eigenvalue weighted by molar-refractivity contribution is -0.121. The van der Waals surface area contributed by atoms with Crippen molar-refractivity contribution in [2.75, 3.05) is 6.54 Å². The minimum absolute atomic E-state index is 0.00944. The molecule has 0 aromatic heterocycles. The molecule has 1 amide bonds. The predicted molar refractivity (Wildman–Crippen MR) is 46.4 cm³/mol. The van der Waals surface area contributed by atoms with E-state index in [1.807, 2.05) is 13.8 Å². The molecule has 0 aliphatic heterocycles. The van der Waals surface area contributed by atoms with Crippen LogP contribution in [0.4, 0.5) is 0 Å². The van der Waals surface area contributed by atoms with E-state index in [-0.39, 0.29) is 22.8 Å². The second-order valence-electron chi connectivity index (χ2n) is 2.45. The van der Waals surface area contributed by atoms with Crippen LogP contribution in [0.15, 0.2) is 0 Å². The molecular weight excluding hydrogens is 162 g/mol. The number of nitrogens with one attached hydrogen (secondary N) is 1. The van der Waals surface area contributed by atoms with Crippen LogP contribution in [0.25, 0.3) is 0 Å². The fraction of sp³-hybridized carbons (Fsp3) is 0.714. The number of carbonyl (C=O) groups is 2. The van der Waals surface area contributed by atoms with Gasteiger partial charge in [-0.25, -0.2) is 0 Å². The Morgan fingerprint density at radius 3 is 2.36 bits per heavy atom. The summed E-state index contributed by atoms with van der Waals surface area (Å²) in [7, 11) is 0. The molecule has 64 valence electrons. The number of hydrogen-bond acceptors (Lipinski definition) is 3. The van der Waals surface area contributed by atoms with E-state index in [9.17, 15) is 9.59 Å². The summed E-state index contributed by atoms with van der Waals surface area (Å²) in [4.78, 5) is 21.3. The molecule has 0 heterocycles. The van der Waals surface area contributed by atoms with Crippen molar-refractivity contribution in [2.24, 2.45) is 0 Å². The van der Waals surface area contributed by atoms with Crippen LogP contribution >= 0.6 is 11.8 Å². The first kappa shape index (κ1) is 10.5. The van der Waals surface area contributed by atoms with Crippen LogP contribution in [0.2, 0.25) is 0 Å². The molecule has 0 radical (unpaired) electrons. The van der Waals surface area contributed by atoms with Crippen molar-refractivity contribution >= 4 is 22.8 Å². The molecule has 0 saturated carbocycles. The average Bonchev–Trinajstić information content (AvgIpc) is 1.82. The highest BCUT2D eigenvalue weighted by Crippen LogP contribution is 2.08. The van der Waals surface area contributed by atoms with E-state index in [0.29, 0.717) is 0 Å². The lowest BCUT2D eigenvalue weighted by Crippen LogP contribution is -2.26. The van der Waals surface area contributed by atoms with Gasteiger partial charge < -0.3 is 5.32 Å². The van der Waals surface area contributed by atoms with Gasteiger partial charge in [0, 0.05) is 12.2 Å². The van der Waals surface area contributed by atoms with Gasteiger partial charge in [-0.15, -0.1) is 0 Å². The van der Waals surface area contributed by atoms with Crippen molar-refractivity contribution in [3.05, 3.63) is 0 Å². The Bertz CT molecular complexity index is 157.